The number of ether oxygens (including phenoxy) is 1. The Morgan fingerprint density at radius 1 is 1.05 bits per heavy atom. The van der Waals surface area contributed by atoms with Gasteiger partial charge in [0.05, 0.1) is 11.7 Å². The van der Waals surface area contributed by atoms with Crippen LogP contribution in [0.5, 0.6) is 5.75 Å². The molecule has 1 heterocycles. The molecule has 1 saturated carbocycles. The van der Waals surface area contributed by atoms with Gasteiger partial charge in [-0.2, -0.15) is 0 Å². The molecule has 1 aliphatic carbocycles. The highest BCUT2D eigenvalue weighted by Gasteiger charge is 2.13. The third kappa shape index (κ3) is 13.0. The van der Waals surface area contributed by atoms with Gasteiger partial charge in [-0.1, -0.05) is 88.4 Å². The first kappa shape index (κ1) is 34.7. The molecule has 1 aliphatic rings. The molecule has 7 heteroatoms. The summed E-state index contributed by atoms with van der Waals surface area (Å²) in [6.45, 7) is 7.96. The summed E-state index contributed by atoms with van der Waals surface area (Å²) in [5, 5.41) is 11.8. The lowest BCUT2D eigenvalue weighted by molar-refractivity contribution is -0.132. The number of hydrogen-bond donors (Lipinski definition) is 2. The second kappa shape index (κ2) is 19.5. The zero-order chi connectivity index (χ0) is 30.7. The molecule has 4 rings (SSSR count). The van der Waals surface area contributed by atoms with Crippen LogP contribution in [0.25, 0.3) is 6.08 Å². The van der Waals surface area contributed by atoms with Crippen LogP contribution in [-0.2, 0) is 22.6 Å². The van der Waals surface area contributed by atoms with Gasteiger partial charge in [-0.3, -0.25) is 0 Å². The van der Waals surface area contributed by atoms with Crippen LogP contribution >= 0.6 is 11.3 Å². The number of nitrogens with zero attached hydrogens (tertiary/aromatic N) is 1. The number of aromatic nitrogens is 1. The fraction of sp³-hybridized carbons (Fsp3) is 0.400. The molecule has 1 fully saturated rings. The van der Waals surface area contributed by atoms with Crippen molar-refractivity contribution < 1.29 is 19.4 Å². The minimum absolute atomic E-state index is 0.208. The predicted molar refractivity (Wildman–Crippen MR) is 174 cm³/mol. The van der Waals surface area contributed by atoms with Gasteiger partial charge < -0.3 is 20.4 Å². The normalized spacial score (nSPS) is 14.5. The van der Waals surface area contributed by atoms with Gasteiger partial charge in [0.2, 0.25) is 0 Å². The zero-order valence-electron chi connectivity index (χ0n) is 25.4. The molecule has 0 aliphatic heterocycles. The van der Waals surface area contributed by atoms with E-state index in [1.165, 1.54) is 43.4 Å². The van der Waals surface area contributed by atoms with Crippen molar-refractivity contribution in [1.29, 1.82) is 0 Å². The van der Waals surface area contributed by atoms with Crippen molar-refractivity contribution in [3.8, 4) is 5.75 Å². The molecule has 2 aromatic carbocycles. The molecule has 3 N–H and O–H groups in total. The van der Waals surface area contributed by atoms with E-state index < -0.39 is 5.97 Å². The van der Waals surface area contributed by atoms with Gasteiger partial charge in [-0.25, -0.2) is 9.78 Å². The Bertz CT molecular complexity index is 1260. The summed E-state index contributed by atoms with van der Waals surface area (Å²) in [5.41, 5.74) is 10.5. The van der Waals surface area contributed by atoms with Gasteiger partial charge in [0, 0.05) is 17.4 Å². The minimum Gasteiger partial charge on any atom is -0.489 e. The van der Waals surface area contributed by atoms with Gasteiger partial charge in [0.25, 0.3) is 0 Å². The molecule has 0 bridgehead atoms. The summed E-state index contributed by atoms with van der Waals surface area (Å²) < 4.78 is 5.83. The molecule has 1 unspecified atom stereocenters. The van der Waals surface area contributed by atoms with Crippen molar-refractivity contribution in [3.63, 3.8) is 0 Å². The molecule has 0 saturated heterocycles. The van der Waals surface area contributed by atoms with Crippen LogP contribution in [-0.4, -0.2) is 22.3 Å². The maximum absolute atomic E-state index is 10.9. The summed E-state index contributed by atoms with van der Waals surface area (Å²) in [6, 6.07) is 17.8. The first-order chi connectivity index (χ1) is 20.3. The number of hydrogen-bond acceptors (Lipinski definition) is 6. The molecule has 0 spiro atoms. The van der Waals surface area contributed by atoms with E-state index in [2.05, 4.69) is 4.98 Å². The van der Waals surface area contributed by atoms with Crippen molar-refractivity contribution in [1.82, 2.24) is 4.98 Å². The largest absolute Gasteiger partial charge is 0.489 e. The first-order valence-corrected chi connectivity index (χ1v) is 15.7. The van der Waals surface area contributed by atoms with Crippen molar-refractivity contribution in [2.45, 2.75) is 85.3 Å². The number of carboxylic acids is 1. The van der Waals surface area contributed by atoms with Crippen LogP contribution in [0.4, 0.5) is 0 Å². The SMILES string of the molecule is C/C(=C/C(C)=C/c1csc(C(N)Cc2ccc(OCc3ccccc3)cc2)n1)C(=O)O.CC.O=CCC1CCCCC1. The Morgan fingerprint density at radius 2 is 1.71 bits per heavy atom. The number of aliphatic carboxylic acids is 1. The summed E-state index contributed by atoms with van der Waals surface area (Å²) in [6.07, 6.45) is 12.7. The quantitative estimate of drug-likeness (QED) is 0.132. The highest BCUT2D eigenvalue weighted by molar-refractivity contribution is 7.09. The highest BCUT2D eigenvalue weighted by Crippen LogP contribution is 2.25. The van der Waals surface area contributed by atoms with E-state index in [0.29, 0.717) is 13.0 Å². The Morgan fingerprint density at radius 3 is 2.33 bits per heavy atom. The van der Waals surface area contributed by atoms with Gasteiger partial charge in [-0.15, -0.1) is 11.3 Å². The number of thiazole rings is 1. The average molecular weight is 591 g/mol. The maximum Gasteiger partial charge on any atom is 0.331 e. The van der Waals surface area contributed by atoms with E-state index in [-0.39, 0.29) is 11.6 Å². The monoisotopic (exact) mass is 590 g/mol. The highest BCUT2D eigenvalue weighted by atomic mass is 32.1. The number of carbonyl (C=O) groups excluding carboxylic acids is 1. The van der Waals surface area contributed by atoms with Crippen molar-refractivity contribution in [2.75, 3.05) is 0 Å². The molecule has 3 aromatic rings. The fourth-order valence-electron chi connectivity index (χ4n) is 4.58. The van der Waals surface area contributed by atoms with Crippen LogP contribution in [0.3, 0.4) is 0 Å². The van der Waals surface area contributed by atoms with Crippen LogP contribution in [0, 0.1) is 5.92 Å². The van der Waals surface area contributed by atoms with Crippen LogP contribution in [0.15, 0.2) is 77.2 Å². The number of carboxylic acid groups (broad SMARTS) is 1. The molecular weight excluding hydrogens is 544 g/mol. The molecule has 0 radical (unpaired) electrons. The Balaban J connectivity index is 0.000000473. The van der Waals surface area contributed by atoms with Crippen molar-refractivity contribution in [2.24, 2.45) is 11.7 Å². The van der Waals surface area contributed by atoms with Gasteiger partial charge in [-0.05, 0) is 67.2 Å². The Labute approximate surface area is 255 Å². The summed E-state index contributed by atoms with van der Waals surface area (Å²) in [5.74, 6) is 0.629. The van der Waals surface area contributed by atoms with E-state index in [4.69, 9.17) is 15.6 Å². The van der Waals surface area contributed by atoms with E-state index in [9.17, 15) is 9.59 Å². The summed E-state index contributed by atoms with van der Waals surface area (Å²) in [7, 11) is 0. The third-order valence-electron chi connectivity index (χ3n) is 6.80. The van der Waals surface area contributed by atoms with E-state index in [1.54, 1.807) is 13.0 Å². The topological polar surface area (TPSA) is 103 Å². The number of allylic oxidation sites excluding steroid dienone is 2. The summed E-state index contributed by atoms with van der Waals surface area (Å²) in [4.78, 5) is 25.6. The zero-order valence-corrected chi connectivity index (χ0v) is 26.2. The van der Waals surface area contributed by atoms with Crippen molar-refractivity contribution >= 4 is 29.7 Å². The van der Waals surface area contributed by atoms with E-state index >= 15 is 0 Å². The smallest absolute Gasteiger partial charge is 0.331 e. The van der Waals surface area contributed by atoms with Crippen LogP contribution < -0.4 is 10.5 Å². The van der Waals surface area contributed by atoms with Crippen molar-refractivity contribution in [3.05, 3.63) is 99.0 Å². The van der Waals surface area contributed by atoms with Crippen LogP contribution in [0.2, 0.25) is 0 Å². The first-order valence-electron chi connectivity index (χ1n) is 14.8. The Hall–Kier alpha value is -3.55. The molecular formula is C35H46N2O4S. The second-order valence-electron chi connectivity index (χ2n) is 10.3. The maximum atomic E-state index is 10.9. The number of benzene rings is 2. The lowest BCUT2D eigenvalue weighted by Gasteiger charge is -2.18. The van der Waals surface area contributed by atoms with Gasteiger partial charge in [0.15, 0.2) is 0 Å². The molecule has 226 valence electrons. The third-order valence-corrected chi connectivity index (χ3v) is 7.79. The number of rotatable bonds is 11. The fourth-order valence-corrected chi connectivity index (χ4v) is 5.36. The molecule has 0 amide bonds. The van der Waals surface area contributed by atoms with Crippen LogP contribution in [0.1, 0.15) is 94.1 Å². The molecule has 42 heavy (non-hydrogen) atoms. The van der Waals surface area contributed by atoms with Gasteiger partial charge >= 0.3 is 5.97 Å². The lowest BCUT2D eigenvalue weighted by Crippen LogP contribution is -2.13. The lowest BCUT2D eigenvalue weighted by atomic mass is 9.87. The second-order valence-corrected chi connectivity index (χ2v) is 11.2. The average Bonchev–Trinajstić information content (AvgIpc) is 3.48. The minimum atomic E-state index is -0.926. The van der Waals surface area contributed by atoms with Gasteiger partial charge in [0.1, 0.15) is 23.7 Å². The molecule has 6 nitrogen and oxygen atoms in total. The number of carbonyl (C=O) groups is 2. The molecule has 1 aromatic heterocycles. The molecule has 1 atom stereocenters. The summed E-state index contributed by atoms with van der Waals surface area (Å²) >= 11 is 1.51. The predicted octanol–water partition coefficient (Wildman–Crippen LogP) is 8.58. The van der Waals surface area contributed by atoms with E-state index in [1.807, 2.05) is 86.8 Å². The number of aldehydes is 1. The van der Waals surface area contributed by atoms with E-state index in [0.717, 1.165) is 51.8 Å². The number of nitrogens with two attached hydrogens (primary N) is 1. The Kier molecular flexibility index (Phi) is 16.1. The standard InChI is InChI=1S/C25H26N2O3S.C8H14O.C2H6/c1-17(12-18(2)25(28)29)13-21-16-31-24(27-21)23(26)14-19-8-10-22(11-9-19)30-15-20-6-4-3-5-7-20;9-7-6-8-4-2-1-3-5-8;1-2/h3-13,16,23H,14-15,26H2,1-2H3,(H,28,29);7-8H,1-6H2;1-2H3/b17-13+,18-12-;;.